The van der Waals surface area contributed by atoms with E-state index in [4.69, 9.17) is 5.73 Å². The molecule has 3 N–H and O–H groups in total. The van der Waals surface area contributed by atoms with E-state index in [1.165, 1.54) is 0 Å². The summed E-state index contributed by atoms with van der Waals surface area (Å²) in [6, 6.07) is -0.230. The second kappa shape index (κ2) is 2.38. The van der Waals surface area contributed by atoms with Crippen LogP contribution in [0.15, 0.2) is 0 Å². The lowest BCUT2D eigenvalue weighted by atomic mass is 10.0. The van der Waals surface area contributed by atoms with Gasteiger partial charge in [-0.25, -0.2) is 0 Å². The Hall–Kier alpha value is -0.900. The molecule has 4 nitrogen and oxygen atoms in total. The summed E-state index contributed by atoms with van der Waals surface area (Å²) >= 11 is 0. The van der Waals surface area contributed by atoms with Gasteiger partial charge >= 0.3 is 0 Å². The topological polar surface area (TPSA) is 72.2 Å². The van der Waals surface area contributed by atoms with Gasteiger partial charge in [0.1, 0.15) is 0 Å². The highest BCUT2D eigenvalue weighted by Crippen LogP contribution is 2.12. The number of nitrogens with two attached hydrogens (primary N) is 1. The Kier molecular flexibility index (Phi) is 1.72. The predicted octanol–water partition coefficient (Wildman–Crippen LogP) is -1.00. The second-order valence-electron chi connectivity index (χ2n) is 2.58. The summed E-state index contributed by atoms with van der Waals surface area (Å²) in [5, 5.41) is 2.19. The predicted molar refractivity (Wildman–Crippen MR) is 34.9 cm³/mol. The summed E-state index contributed by atoms with van der Waals surface area (Å²) in [6.07, 6.45) is 0.247. The van der Waals surface area contributed by atoms with Crippen molar-refractivity contribution in [2.45, 2.75) is 19.4 Å². The molecule has 1 saturated heterocycles. The van der Waals surface area contributed by atoms with Crippen molar-refractivity contribution in [2.75, 3.05) is 0 Å². The SMILES string of the molecule is CC(N)C1CC(=O)NC1=O. The lowest BCUT2D eigenvalue weighted by Crippen LogP contribution is -2.32. The van der Waals surface area contributed by atoms with Gasteiger partial charge in [0, 0.05) is 12.5 Å². The van der Waals surface area contributed by atoms with E-state index in [0.717, 1.165) is 0 Å². The zero-order valence-corrected chi connectivity index (χ0v) is 5.76. The Morgan fingerprint density at radius 3 is 2.50 bits per heavy atom. The summed E-state index contributed by atoms with van der Waals surface area (Å²) in [7, 11) is 0. The lowest BCUT2D eigenvalue weighted by Gasteiger charge is -2.08. The van der Waals surface area contributed by atoms with Crippen LogP contribution < -0.4 is 11.1 Å². The summed E-state index contributed by atoms with van der Waals surface area (Å²) < 4.78 is 0. The van der Waals surface area contributed by atoms with E-state index < -0.39 is 0 Å². The fraction of sp³-hybridized carbons (Fsp3) is 0.667. The van der Waals surface area contributed by atoms with Gasteiger partial charge in [0.2, 0.25) is 11.8 Å². The second-order valence-corrected chi connectivity index (χ2v) is 2.58. The molecule has 4 heteroatoms. The van der Waals surface area contributed by atoms with Gasteiger partial charge in [-0.3, -0.25) is 14.9 Å². The van der Waals surface area contributed by atoms with Gasteiger partial charge in [0.15, 0.2) is 0 Å². The largest absolute Gasteiger partial charge is 0.327 e. The number of amides is 2. The van der Waals surface area contributed by atoms with Crippen molar-refractivity contribution >= 4 is 11.8 Å². The molecule has 2 unspecified atom stereocenters. The fourth-order valence-corrected chi connectivity index (χ4v) is 0.998. The van der Waals surface area contributed by atoms with Gasteiger partial charge in [-0.2, -0.15) is 0 Å². The molecule has 0 bridgehead atoms. The van der Waals surface area contributed by atoms with E-state index in [1.807, 2.05) is 0 Å². The molecule has 1 heterocycles. The van der Waals surface area contributed by atoms with Crippen molar-refractivity contribution in [3.05, 3.63) is 0 Å². The van der Waals surface area contributed by atoms with Crippen LogP contribution in [-0.2, 0) is 9.59 Å². The number of rotatable bonds is 1. The van der Waals surface area contributed by atoms with E-state index in [2.05, 4.69) is 5.32 Å². The van der Waals surface area contributed by atoms with E-state index in [-0.39, 0.29) is 30.2 Å². The normalized spacial score (nSPS) is 28.4. The van der Waals surface area contributed by atoms with E-state index in [9.17, 15) is 9.59 Å². The molecule has 2 atom stereocenters. The molecule has 0 aliphatic carbocycles. The first-order chi connectivity index (χ1) is 4.61. The maximum Gasteiger partial charge on any atom is 0.231 e. The molecule has 1 rings (SSSR count). The van der Waals surface area contributed by atoms with Crippen LogP contribution >= 0.6 is 0 Å². The van der Waals surface area contributed by atoms with Gasteiger partial charge in [0.05, 0.1) is 5.92 Å². The Balaban J connectivity index is 2.63. The molecule has 0 spiro atoms. The highest BCUT2D eigenvalue weighted by molar-refractivity contribution is 6.03. The Morgan fingerprint density at radius 1 is 1.70 bits per heavy atom. The number of imide groups is 1. The summed E-state index contributed by atoms with van der Waals surface area (Å²) in [5.41, 5.74) is 5.44. The van der Waals surface area contributed by atoms with E-state index >= 15 is 0 Å². The van der Waals surface area contributed by atoms with Crippen LogP contribution in [0.5, 0.6) is 0 Å². The minimum Gasteiger partial charge on any atom is -0.327 e. The molecule has 1 aliphatic rings. The molecule has 0 aromatic carbocycles. The maximum absolute atomic E-state index is 10.8. The van der Waals surface area contributed by atoms with Crippen LogP contribution in [0.1, 0.15) is 13.3 Å². The third-order valence-corrected chi connectivity index (χ3v) is 1.64. The van der Waals surface area contributed by atoms with Crippen LogP contribution in [0.3, 0.4) is 0 Å². The monoisotopic (exact) mass is 142 g/mol. The molecule has 0 aromatic heterocycles. The van der Waals surface area contributed by atoms with E-state index in [1.54, 1.807) is 6.92 Å². The molecule has 2 amide bonds. The van der Waals surface area contributed by atoms with Gasteiger partial charge in [-0.1, -0.05) is 0 Å². The van der Waals surface area contributed by atoms with Crippen molar-refractivity contribution in [3.8, 4) is 0 Å². The highest BCUT2D eigenvalue weighted by Gasteiger charge is 2.32. The van der Waals surface area contributed by atoms with Crippen molar-refractivity contribution in [1.82, 2.24) is 5.32 Å². The molecule has 10 heavy (non-hydrogen) atoms. The van der Waals surface area contributed by atoms with Gasteiger partial charge in [0.25, 0.3) is 0 Å². The van der Waals surface area contributed by atoms with E-state index in [0.29, 0.717) is 0 Å². The first-order valence-electron chi connectivity index (χ1n) is 3.20. The molecule has 0 aromatic rings. The molecular weight excluding hydrogens is 132 g/mol. The first kappa shape index (κ1) is 7.21. The number of carbonyl (C=O) groups is 2. The smallest absolute Gasteiger partial charge is 0.231 e. The molecule has 0 saturated carbocycles. The molecule has 0 radical (unpaired) electrons. The maximum atomic E-state index is 10.8. The number of hydrogen-bond donors (Lipinski definition) is 2. The third-order valence-electron chi connectivity index (χ3n) is 1.64. The number of hydrogen-bond acceptors (Lipinski definition) is 3. The molecule has 56 valence electrons. The zero-order chi connectivity index (χ0) is 7.72. The van der Waals surface area contributed by atoms with Crippen molar-refractivity contribution < 1.29 is 9.59 Å². The highest BCUT2D eigenvalue weighted by atomic mass is 16.2. The number of nitrogens with one attached hydrogen (secondary N) is 1. The molecular formula is C6H10N2O2. The zero-order valence-electron chi connectivity index (χ0n) is 5.76. The van der Waals surface area contributed by atoms with Crippen molar-refractivity contribution in [2.24, 2.45) is 11.7 Å². The Bertz CT molecular complexity index is 177. The van der Waals surface area contributed by atoms with Gasteiger partial charge in [-0.05, 0) is 6.92 Å². The summed E-state index contributed by atoms with van der Waals surface area (Å²) in [6.45, 7) is 1.73. The summed E-state index contributed by atoms with van der Waals surface area (Å²) in [4.78, 5) is 21.4. The Labute approximate surface area is 58.8 Å². The van der Waals surface area contributed by atoms with Crippen LogP contribution in [0.25, 0.3) is 0 Å². The van der Waals surface area contributed by atoms with Crippen LogP contribution in [0.2, 0.25) is 0 Å². The lowest BCUT2D eigenvalue weighted by molar-refractivity contribution is -0.125. The molecule has 1 fully saturated rings. The van der Waals surface area contributed by atoms with Gasteiger partial charge in [-0.15, -0.1) is 0 Å². The van der Waals surface area contributed by atoms with Crippen LogP contribution in [0, 0.1) is 5.92 Å². The summed E-state index contributed by atoms with van der Waals surface area (Å²) in [5.74, 6) is -0.764. The Morgan fingerprint density at radius 2 is 2.30 bits per heavy atom. The van der Waals surface area contributed by atoms with Crippen molar-refractivity contribution in [1.29, 1.82) is 0 Å². The standard InChI is InChI=1S/C6H10N2O2/c1-3(7)4-2-5(9)8-6(4)10/h3-4H,2,7H2,1H3,(H,8,9,10). The van der Waals surface area contributed by atoms with Gasteiger partial charge < -0.3 is 5.73 Å². The fourth-order valence-electron chi connectivity index (χ4n) is 0.998. The molecule has 1 aliphatic heterocycles. The van der Waals surface area contributed by atoms with Crippen molar-refractivity contribution in [3.63, 3.8) is 0 Å². The quantitative estimate of drug-likeness (QED) is 0.461. The average molecular weight is 142 g/mol. The first-order valence-corrected chi connectivity index (χ1v) is 3.20. The van der Waals surface area contributed by atoms with Crippen LogP contribution in [-0.4, -0.2) is 17.9 Å². The average Bonchev–Trinajstić information content (AvgIpc) is 2.10. The van der Waals surface area contributed by atoms with Crippen LogP contribution in [0.4, 0.5) is 0 Å². The minimum atomic E-state index is -0.313. The minimum absolute atomic E-state index is 0.215. The number of carbonyl (C=O) groups excluding carboxylic acids is 2. The third kappa shape index (κ3) is 1.16.